The molecule has 1 N–H and O–H groups in total. The summed E-state index contributed by atoms with van der Waals surface area (Å²) in [7, 11) is 5.77. The van der Waals surface area contributed by atoms with Gasteiger partial charge < -0.3 is 24.6 Å². The Morgan fingerprint density at radius 3 is 2.41 bits per heavy atom. The van der Waals surface area contributed by atoms with Crippen molar-refractivity contribution in [3.05, 3.63) is 66.0 Å². The average molecular weight is 670 g/mol. The van der Waals surface area contributed by atoms with Crippen molar-refractivity contribution in [1.82, 2.24) is 20.0 Å². The van der Waals surface area contributed by atoms with Crippen LogP contribution in [-0.2, 0) is 9.53 Å². The summed E-state index contributed by atoms with van der Waals surface area (Å²) < 4.78 is 13.3. The van der Waals surface area contributed by atoms with E-state index in [1.807, 2.05) is 20.3 Å². The maximum atomic E-state index is 14.4. The molecule has 0 aliphatic heterocycles. The smallest absolute Gasteiger partial charge is 0.407 e. The summed E-state index contributed by atoms with van der Waals surface area (Å²) in [6.07, 6.45) is 14.2. The molecule has 49 heavy (non-hydrogen) atoms. The van der Waals surface area contributed by atoms with Crippen LogP contribution in [-0.4, -0.2) is 73.6 Å². The van der Waals surface area contributed by atoms with Crippen LogP contribution in [0.4, 0.5) is 10.5 Å². The van der Waals surface area contributed by atoms with Crippen LogP contribution in [0.25, 0.3) is 11.1 Å². The van der Waals surface area contributed by atoms with E-state index < -0.39 is 0 Å². The molecule has 2 amide bonds. The second kappa shape index (κ2) is 16.2. The summed E-state index contributed by atoms with van der Waals surface area (Å²) in [4.78, 5) is 31.0. The SMILES string of the molecule is COc1ccc(C2CCC(CN(C(=O)C3CCC(OC(=O)NCCCN(C)C)CC3)c3cccc(-c4cnn(C5CC5)c4)c3)CC2)cc1C. The van der Waals surface area contributed by atoms with Crippen molar-refractivity contribution in [2.75, 3.05) is 45.7 Å². The molecule has 0 saturated heterocycles. The van der Waals surface area contributed by atoms with E-state index in [2.05, 4.69) is 80.5 Å². The number of benzene rings is 2. The highest BCUT2D eigenvalue weighted by Crippen LogP contribution is 2.40. The van der Waals surface area contributed by atoms with Crippen LogP contribution in [0.15, 0.2) is 54.9 Å². The quantitative estimate of drug-likeness (QED) is 0.187. The summed E-state index contributed by atoms with van der Waals surface area (Å²) in [5.41, 5.74) is 5.72. The van der Waals surface area contributed by atoms with Gasteiger partial charge in [-0.3, -0.25) is 9.48 Å². The molecule has 6 rings (SSSR count). The van der Waals surface area contributed by atoms with Crippen molar-refractivity contribution in [2.24, 2.45) is 11.8 Å². The first-order chi connectivity index (χ1) is 23.8. The van der Waals surface area contributed by atoms with E-state index in [0.717, 1.165) is 80.6 Å². The van der Waals surface area contributed by atoms with Gasteiger partial charge in [0.15, 0.2) is 0 Å². The number of carbonyl (C=O) groups excluding carboxylic acids is 2. The number of aromatic nitrogens is 2. The van der Waals surface area contributed by atoms with Gasteiger partial charge in [0.1, 0.15) is 11.9 Å². The van der Waals surface area contributed by atoms with Crippen molar-refractivity contribution < 1.29 is 19.1 Å². The van der Waals surface area contributed by atoms with Crippen LogP contribution in [0, 0.1) is 18.8 Å². The molecule has 3 fully saturated rings. The lowest BCUT2D eigenvalue weighted by Gasteiger charge is -2.36. The molecule has 3 saturated carbocycles. The Balaban J connectivity index is 1.11. The molecule has 3 aliphatic carbocycles. The number of ether oxygens (including phenoxy) is 2. The van der Waals surface area contributed by atoms with Gasteiger partial charge in [-0.2, -0.15) is 5.10 Å². The number of methoxy groups -OCH3 is 1. The fourth-order valence-corrected chi connectivity index (χ4v) is 7.72. The van der Waals surface area contributed by atoms with Crippen molar-refractivity contribution in [2.45, 2.75) is 95.6 Å². The van der Waals surface area contributed by atoms with Gasteiger partial charge in [-0.25, -0.2) is 4.79 Å². The lowest BCUT2D eigenvalue weighted by molar-refractivity contribution is -0.124. The van der Waals surface area contributed by atoms with Crippen LogP contribution in [0.1, 0.15) is 93.7 Å². The van der Waals surface area contributed by atoms with Gasteiger partial charge in [0.25, 0.3) is 0 Å². The van der Waals surface area contributed by atoms with Gasteiger partial charge in [-0.15, -0.1) is 0 Å². The lowest BCUT2D eigenvalue weighted by atomic mass is 9.78. The van der Waals surface area contributed by atoms with E-state index in [4.69, 9.17) is 9.47 Å². The molecule has 1 aromatic heterocycles. The highest BCUT2D eigenvalue weighted by Gasteiger charge is 2.34. The zero-order valence-corrected chi connectivity index (χ0v) is 29.9. The van der Waals surface area contributed by atoms with Crippen molar-refractivity contribution in [1.29, 1.82) is 0 Å². The summed E-state index contributed by atoms with van der Waals surface area (Å²) in [6.45, 7) is 4.36. The molecule has 0 bridgehead atoms. The predicted molar refractivity (Wildman–Crippen MR) is 194 cm³/mol. The number of amides is 2. The number of hydrogen-bond donors (Lipinski definition) is 1. The molecule has 1 heterocycles. The zero-order valence-electron chi connectivity index (χ0n) is 29.9. The van der Waals surface area contributed by atoms with Crippen molar-refractivity contribution in [3.63, 3.8) is 0 Å². The number of alkyl carbamates (subject to hydrolysis) is 1. The maximum absolute atomic E-state index is 14.4. The highest BCUT2D eigenvalue weighted by atomic mass is 16.6. The first-order valence-corrected chi connectivity index (χ1v) is 18.5. The standard InChI is InChI=1S/C40H55N5O4/c1-28-23-33(15-20-38(28)48-4)30-11-9-29(10-12-30)26-44(36-8-5-7-32(24-36)34-25-42-45(27-34)35-16-17-35)39(46)31-13-18-37(19-14-31)49-40(47)41-21-6-22-43(2)3/h5,7-8,15,20,23-25,27,29-31,35,37H,6,9-14,16-19,21-22,26H2,1-4H3,(H,41,47). The number of carbonyl (C=O) groups is 2. The minimum atomic E-state index is -0.350. The van der Waals surface area contributed by atoms with E-state index in [0.29, 0.717) is 37.3 Å². The maximum Gasteiger partial charge on any atom is 0.407 e. The first kappa shape index (κ1) is 35.0. The molecular formula is C40H55N5O4. The van der Waals surface area contributed by atoms with Gasteiger partial charge >= 0.3 is 6.09 Å². The molecule has 264 valence electrons. The predicted octanol–water partition coefficient (Wildman–Crippen LogP) is 7.75. The minimum Gasteiger partial charge on any atom is -0.496 e. The van der Waals surface area contributed by atoms with Gasteiger partial charge in [0.2, 0.25) is 5.91 Å². The fraction of sp³-hybridized carbons (Fsp3) is 0.575. The van der Waals surface area contributed by atoms with E-state index in [9.17, 15) is 9.59 Å². The molecule has 0 radical (unpaired) electrons. The fourth-order valence-electron chi connectivity index (χ4n) is 7.72. The van der Waals surface area contributed by atoms with Crippen LogP contribution in [0.2, 0.25) is 0 Å². The Bertz CT molecular complexity index is 1550. The van der Waals surface area contributed by atoms with Crippen LogP contribution in [0.3, 0.4) is 0 Å². The third-order valence-electron chi connectivity index (χ3n) is 10.8. The van der Waals surface area contributed by atoms with Gasteiger partial charge in [-0.1, -0.05) is 24.3 Å². The Morgan fingerprint density at radius 1 is 0.939 bits per heavy atom. The van der Waals surface area contributed by atoms with E-state index in [-0.39, 0.29) is 24.0 Å². The number of anilines is 1. The summed E-state index contributed by atoms with van der Waals surface area (Å²) in [5, 5.41) is 7.50. The van der Waals surface area contributed by atoms with Crippen LogP contribution < -0.4 is 15.0 Å². The number of nitrogens with zero attached hydrogens (tertiary/aromatic N) is 4. The number of nitrogens with one attached hydrogen (secondary N) is 1. The molecule has 3 aromatic rings. The monoisotopic (exact) mass is 669 g/mol. The second-order valence-corrected chi connectivity index (χ2v) is 14.8. The number of rotatable bonds is 13. The number of aryl methyl sites for hydroxylation is 1. The van der Waals surface area contributed by atoms with Crippen LogP contribution in [0.5, 0.6) is 5.75 Å². The Labute approximate surface area is 292 Å². The van der Waals surface area contributed by atoms with Crippen molar-refractivity contribution in [3.8, 4) is 16.9 Å². The minimum absolute atomic E-state index is 0.0807. The highest BCUT2D eigenvalue weighted by molar-refractivity contribution is 5.95. The van der Waals surface area contributed by atoms with Gasteiger partial charge in [-0.05, 0) is 145 Å². The Hall–Kier alpha value is -3.85. The largest absolute Gasteiger partial charge is 0.496 e. The Morgan fingerprint density at radius 2 is 1.71 bits per heavy atom. The zero-order chi connectivity index (χ0) is 34.3. The third-order valence-corrected chi connectivity index (χ3v) is 10.8. The Kier molecular flexibility index (Phi) is 11.6. The topological polar surface area (TPSA) is 88.9 Å². The molecule has 0 spiro atoms. The normalized spacial score (nSPS) is 22.5. The summed E-state index contributed by atoms with van der Waals surface area (Å²) in [5.74, 6) is 2.04. The molecule has 2 aromatic carbocycles. The molecule has 0 atom stereocenters. The number of hydrogen-bond acceptors (Lipinski definition) is 6. The van der Waals surface area contributed by atoms with Crippen LogP contribution >= 0.6 is 0 Å². The summed E-state index contributed by atoms with van der Waals surface area (Å²) >= 11 is 0. The summed E-state index contributed by atoms with van der Waals surface area (Å²) in [6, 6.07) is 15.6. The average Bonchev–Trinajstić information content (AvgIpc) is 3.85. The second-order valence-electron chi connectivity index (χ2n) is 14.8. The molecule has 3 aliphatic rings. The molecule has 9 nitrogen and oxygen atoms in total. The van der Waals surface area contributed by atoms with E-state index >= 15 is 0 Å². The van der Waals surface area contributed by atoms with Gasteiger partial charge in [0, 0.05) is 36.5 Å². The third kappa shape index (κ3) is 9.24. The first-order valence-electron chi connectivity index (χ1n) is 18.5. The van der Waals surface area contributed by atoms with Crippen molar-refractivity contribution >= 4 is 17.7 Å². The van der Waals surface area contributed by atoms with Gasteiger partial charge in [0.05, 0.1) is 19.3 Å². The molecule has 9 heteroatoms. The molecular weight excluding hydrogens is 614 g/mol. The van der Waals surface area contributed by atoms with E-state index in [1.165, 1.54) is 24.0 Å². The molecule has 0 unspecified atom stereocenters. The van der Waals surface area contributed by atoms with E-state index in [1.54, 1.807) is 7.11 Å². The lowest BCUT2D eigenvalue weighted by Crippen LogP contribution is -2.42.